The van der Waals surface area contributed by atoms with Crippen molar-refractivity contribution in [1.29, 1.82) is 0 Å². The maximum absolute atomic E-state index is 12.4. The van der Waals surface area contributed by atoms with E-state index in [4.69, 9.17) is 16.3 Å². The molecule has 1 saturated heterocycles. The van der Waals surface area contributed by atoms with Gasteiger partial charge in [-0.05, 0) is 25.3 Å². The van der Waals surface area contributed by atoms with Gasteiger partial charge in [-0.2, -0.15) is 4.31 Å². The van der Waals surface area contributed by atoms with Gasteiger partial charge in [-0.1, -0.05) is 24.9 Å². The third-order valence-electron chi connectivity index (χ3n) is 3.92. The van der Waals surface area contributed by atoms with Gasteiger partial charge in [0.15, 0.2) is 0 Å². The van der Waals surface area contributed by atoms with Crippen molar-refractivity contribution < 1.29 is 22.9 Å². The van der Waals surface area contributed by atoms with Gasteiger partial charge in [-0.15, -0.1) is 0 Å². The Kier molecular flexibility index (Phi) is 6.36. The molecule has 0 saturated carbocycles. The fraction of sp³-hybridized carbons (Fsp3) is 0.533. The average molecular weight is 391 g/mol. The third-order valence-corrected chi connectivity index (χ3v) is 6.18. The lowest BCUT2D eigenvalue weighted by molar-refractivity contribution is -0.384. The van der Waals surface area contributed by atoms with Crippen LogP contribution in [0.25, 0.3) is 0 Å². The molecule has 0 aliphatic carbocycles. The predicted molar refractivity (Wildman–Crippen MR) is 92.2 cm³/mol. The molecule has 1 atom stereocenters. The highest BCUT2D eigenvalue weighted by Crippen LogP contribution is 2.30. The number of rotatable bonds is 7. The van der Waals surface area contributed by atoms with Gasteiger partial charge in [-0.3, -0.25) is 10.1 Å². The van der Waals surface area contributed by atoms with E-state index in [2.05, 4.69) is 0 Å². The Morgan fingerprint density at radius 3 is 2.80 bits per heavy atom. The van der Waals surface area contributed by atoms with E-state index >= 15 is 0 Å². The number of nitro benzene ring substituents is 1. The maximum atomic E-state index is 12.4. The van der Waals surface area contributed by atoms with Crippen LogP contribution in [0.1, 0.15) is 32.6 Å². The largest absolute Gasteiger partial charge is 0.425 e. The third kappa shape index (κ3) is 4.68. The molecule has 1 unspecified atom stereocenters. The van der Waals surface area contributed by atoms with Gasteiger partial charge in [0.25, 0.3) is 5.69 Å². The predicted octanol–water partition coefficient (Wildman–Crippen LogP) is 2.75. The summed E-state index contributed by atoms with van der Waals surface area (Å²) in [6.07, 6.45) is 2.22. The highest BCUT2D eigenvalue weighted by molar-refractivity contribution is 7.89. The number of hydrogen-bond donors (Lipinski definition) is 0. The van der Waals surface area contributed by atoms with Crippen LogP contribution < -0.4 is 4.74 Å². The maximum Gasteiger partial charge on any atom is 0.329 e. The first-order valence-electron chi connectivity index (χ1n) is 7.91. The zero-order valence-electron chi connectivity index (χ0n) is 13.7. The first kappa shape index (κ1) is 19.6. The molecule has 25 heavy (non-hydrogen) atoms. The lowest BCUT2D eigenvalue weighted by Gasteiger charge is -2.22. The number of hydrogen-bond acceptors (Lipinski definition) is 6. The van der Waals surface area contributed by atoms with Crippen LogP contribution in [0.15, 0.2) is 18.2 Å². The number of sulfonamides is 1. The Balaban J connectivity index is 2.12. The van der Waals surface area contributed by atoms with E-state index in [0.29, 0.717) is 19.3 Å². The van der Waals surface area contributed by atoms with Crippen LogP contribution in [0.5, 0.6) is 5.75 Å². The smallest absolute Gasteiger partial charge is 0.329 e. The molecule has 0 radical (unpaired) electrons. The molecule has 0 spiro atoms. The second-order valence-electron chi connectivity index (χ2n) is 5.73. The van der Waals surface area contributed by atoms with Gasteiger partial charge in [-0.25, -0.2) is 13.2 Å². The molecule has 1 heterocycles. The Hall–Kier alpha value is -1.71. The highest BCUT2D eigenvalue weighted by atomic mass is 35.5. The van der Waals surface area contributed by atoms with Crippen LogP contribution in [0.2, 0.25) is 5.02 Å². The van der Waals surface area contributed by atoms with Crippen LogP contribution >= 0.6 is 11.6 Å². The van der Waals surface area contributed by atoms with Crippen molar-refractivity contribution in [3.05, 3.63) is 33.3 Å². The summed E-state index contributed by atoms with van der Waals surface area (Å²) in [5.74, 6) is -0.669. The van der Waals surface area contributed by atoms with E-state index in [1.54, 1.807) is 0 Å². The number of nitro groups is 1. The summed E-state index contributed by atoms with van der Waals surface area (Å²) in [6, 6.07) is 2.68. The molecule has 0 amide bonds. The number of benzene rings is 1. The van der Waals surface area contributed by atoms with E-state index in [9.17, 15) is 23.3 Å². The van der Waals surface area contributed by atoms with Gasteiger partial charge in [0, 0.05) is 18.7 Å². The van der Waals surface area contributed by atoms with Crippen LogP contribution in [0.4, 0.5) is 5.69 Å². The Morgan fingerprint density at radius 2 is 2.20 bits per heavy atom. The number of halogens is 1. The molecule has 1 fully saturated rings. The summed E-state index contributed by atoms with van der Waals surface area (Å²) >= 11 is 5.79. The topological polar surface area (TPSA) is 107 Å². The molecule has 0 aromatic heterocycles. The summed E-state index contributed by atoms with van der Waals surface area (Å²) in [6.45, 7) is 2.18. The zero-order valence-corrected chi connectivity index (χ0v) is 15.3. The molecule has 0 N–H and O–H groups in total. The van der Waals surface area contributed by atoms with Gasteiger partial charge in [0.1, 0.15) is 16.8 Å². The molecule has 8 nitrogen and oxygen atoms in total. The molecular weight excluding hydrogens is 372 g/mol. The van der Waals surface area contributed by atoms with Crippen LogP contribution in [-0.2, 0) is 14.8 Å². The summed E-state index contributed by atoms with van der Waals surface area (Å²) in [4.78, 5) is 22.5. The second kappa shape index (κ2) is 8.11. The second-order valence-corrected chi connectivity index (χ2v) is 8.18. The van der Waals surface area contributed by atoms with Crippen LogP contribution in [0, 0.1) is 10.1 Å². The number of esters is 1. The molecule has 1 aromatic carbocycles. The van der Waals surface area contributed by atoms with E-state index < -0.39 is 27.0 Å². The minimum Gasteiger partial charge on any atom is -0.425 e. The minimum atomic E-state index is -3.52. The molecule has 1 aromatic rings. The number of carbonyl (C=O) groups is 1. The first-order chi connectivity index (χ1) is 11.8. The fourth-order valence-electron chi connectivity index (χ4n) is 2.64. The Bertz CT molecular complexity index is 767. The summed E-state index contributed by atoms with van der Waals surface area (Å²) in [7, 11) is -3.52. The number of nitrogens with zero attached hydrogens (tertiary/aromatic N) is 2. The first-order valence-corrected chi connectivity index (χ1v) is 9.90. The SMILES string of the molecule is CCCCS(=O)(=O)N1CCCC1C(=O)Oc1ccc([N+](=O)[O-])c(Cl)c1. The molecule has 10 heteroatoms. The highest BCUT2D eigenvalue weighted by Gasteiger charge is 2.39. The van der Waals surface area contributed by atoms with E-state index in [1.807, 2.05) is 6.92 Å². The van der Waals surface area contributed by atoms with Crippen molar-refractivity contribution in [3.63, 3.8) is 0 Å². The Morgan fingerprint density at radius 1 is 1.48 bits per heavy atom. The molecule has 138 valence electrons. The summed E-state index contributed by atoms with van der Waals surface area (Å²) in [5, 5.41) is 10.6. The molecular formula is C15H19ClN2O6S. The summed E-state index contributed by atoms with van der Waals surface area (Å²) < 4.78 is 31.1. The average Bonchev–Trinajstić information content (AvgIpc) is 3.03. The monoisotopic (exact) mass is 390 g/mol. The van der Waals surface area contributed by atoms with Crippen LogP contribution in [-0.4, -0.2) is 42.0 Å². The standard InChI is InChI=1S/C15H19ClN2O6S/c1-2-3-9-25(22,23)17-8-4-5-14(17)15(19)24-11-6-7-13(18(20)21)12(16)10-11/h6-7,10,14H,2-5,8-9H2,1H3. The van der Waals surface area contributed by atoms with Crippen molar-refractivity contribution in [3.8, 4) is 5.75 Å². The van der Waals surface area contributed by atoms with Gasteiger partial charge in [0.2, 0.25) is 10.0 Å². The van der Waals surface area contributed by atoms with Crippen molar-refractivity contribution in [2.24, 2.45) is 0 Å². The quantitative estimate of drug-likeness (QED) is 0.306. The molecule has 1 aliphatic heterocycles. The van der Waals surface area contributed by atoms with E-state index in [0.717, 1.165) is 12.5 Å². The van der Waals surface area contributed by atoms with Crippen LogP contribution in [0.3, 0.4) is 0 Å². The van der Waals surface area contributed by atoms with Gasteiger partial charge < -0.3 is 4.74 Å². The summed E-state index contributed by atoms with van der Waals surface area (Å²) in [5.41, 5.74) is -0.300. The van der Waals surface area contributed by atoms with Gasteiger partial charge in [0.05, 0.1) is 10.7 Å². The van der Waals surface area contributed by atoms with E-state index in [-0.39, 0.29) is 28.8 Å². The van der Waals surface area contributed by atoms with Gasteiger partial charge >= 0.3 is 5.97 Å². The van der Waals surface area contributed by atoms with Crippen molar-refractivity contribution in [1.82, 2.24) is 4.31 Å². The molecule has 2 rings (SSSR count). The number of ether oxygens (including phenoxy) is 1. The minimum absolute atomic E-state index is 0.00333. The molecule has 1 aliphatic rings. The Labute approximate surface area is 150 Å². The van der Waals surface area contributed by atoms with E-state index in [1.165, 1.54) is 16.4 Å². The lowest BCUT2D eigenvalue weighted by Crippen LogP contribution is -2.43. The molecule has 0 bridgehead atoms. The zero-order chi connectivity index (χ0) is 18.6. The fourth-order valence-corrected chi connectivity index (χ4v) is 4.75. The number of unbranched alkanes of at least 4 members (excludes halogenated alkanes) is 1. The van der Waals surface area contributed by atoms with Crippen molar-refractivity contribution >= 4 is 33.3 Å². The normalized spacial score (nSPS) is 18.2. The number of carbonyl (C=O) groups excluding carboxylic acids is 1. The van der Waals surface area contributed by atoms with Crippen molar-refractivity contribution in [2.45, 2.75) is 38.6 Å². The lowest BCUT2D eigenvalue weighted by atomic mass is 10.2. The van der Waals surface area contributed by atoms with Crippen molar-refractivity contribution in [2.75, 3.05) is 12.3 Å².